The maximum atomic E-state index is 13.9. The first-order chi connectivity index (χ1) is 11.0. The van der Waals surface area contributed by atoms with Gasteiger partial charge in [0.15, 0.2) is 0 Å². The van der Waals surface area contributed by atoms with Crippen molar-refractivity contribution in [2.24, 2.45) is 0 Å². The summed E-state index contributed by atoms with van der Waals surface area (Å²) in [6.45, 7) is 0. The molecule has 0 aliphatic carbocycles. The zero-order chi connectivity index (χ0) is 16.6. The zero-order valence-corrected chi connectivity index (χ0v) is 16.1. The van der Waals surface area contributed by atoms with E-state index in [-0.39, 0.29) is 73.6 Å². The number of hydrogen-bond donors (Lipinski definition) is 0. The van der Waals surface area contributed by atoms with E-state index in [1.54, 1.807) is 0 Å². The maximum Gasteiger partial charge on any atom is 1.00 e. The second-order valence-electron chi connectivity index (χ2n) is 4.40. The van der Waals surface area contributed by atoms with Crippen molar-refractivity contribution in [2.75, 3.05) is 0 Å². The number of halogens is 4. The van der Waals surface area contributed by atoms with Crippen LogP contribution in [0.5, 0.6) is 0 Å². The van der Waals surface area contributed by atoms with Gasteiger partial charge in [-0.05, 0) is 0 Å². The minimum Gasteiger partial charge on any atom is -0.481 e. The maximum absolute atomic E-state index is 13.9. The topological polar surface area (TPSA) is 75.4 Å². The third-order valence-electron chi connectivity index (χ3n) is 2.91. The summed E-state index contributed by atoms with van der Waals surface area (Å²) in [6.07, 6.45) is 4.18. The molecule has 0 atom stereocenters. The van der Waals surface area contributed by atoms with E-state index in [9.17, 15) is 13.2 Å². The summed E-state index contributed by atoms with van der Waals surface area (Å²) in [5, 5.41) is -0.352. The normalized spacial score (nSPS) is 10.3. The molecular formula is C14H6ClF3KN5. The Morgan fingerprint density at radius 1 is 0.958 bits per heavy atom. The number of hydrogen-bond acceptors (Lipinski definition) is 4. The second kappa shape index (κ2) is 7.85. The minimum atomic E-state index is -1.20. The fourth-order valence-corrected chi connectivity index (χ4v) is 2.23. The van der Waals surface area contributed by atoms with E-state index < -0.39 is 28.8 Å². The molecule has 116 valence electrons. The fourth-order valence-electron chi connectivity index (χ4n) is 1.97. The Morgan fingerprint density at radius 3 is 2.17 bits per heavy atom. The zero-order valence-electron chi connectivity index (χ0n) is 12.2. The molecule has 0 amide bonds. The number of nitrogens with one attached hydrogen (secondary N) is 1. The fraction of sp³-hybridized carbons (Fsp3) is 0. The molecule has 0 radical (unpaired) electrons. The van der Waals surface area contributed by atoms with Gasteiger partial charge in [0.25, 0.3) is 0 Å². The van der Waals surface area contributed by atoms with Crippen molar-refractivity contribution >= 4 is 17.4 Å². The quantitative estimate of drug-likeness (QED) is 0.500. The van der Waals surface area contributed by atoms with Crippen molar-refractivity contribution in [3.05, 3.63) is 59.1 Å². The molecule has 2 heterocycles. The van der Waals surface area contributed by atoms with Gasteiger partial charge in [-0.2, -0.15) is 0 Å². The third kappa shape index (κ3) is 3.76. The van der Waals surface area contributed by atoms with Crippen LogP contribution in [0.3, 0.4) is 0 Å². The Balaban J connectivity index is 0.00000208. The van der Waals surface area contributed by atoms with Crippen LogP contribution in [0.1, 0.15) is 0 Å². The van der Waals surface area contributed by atoms with Gasteiger partial charge in [0.2, 0.25) is 0 Å². The molecule has 10 heteroatoms. The number of nitrogens with zero attached hydrogens (tertiary/aromatic N) is 4. The summed E-state index contributed by atoms with van der Waals surface area (Å²) in [7, 11) is 0. The first-order valence-corrected chi connectivity index (χ1v) is 6.55. The minimum absolute atomic E-state index is 0. The van der Waals surface area contributed by atoms with Gasteiger partial charge < -0.3 is 10.7 Å². The summed E-state index contributed by atoms with van der Waals surface area (Å²) in [5.74, 6) is -4.01. The average molecular weight is 376 g/mol. The largest absolute Gasteiger partial charge is 1.00 e. The van der Waals surface area contributed by atoms with E-state index in [1.165, 1.54) is 18.6 Å². The van der Waals surface area contributed by atoms with E-state index in [0.717, 1.165) is 0 Å². The van der Waals surface area contributed by atoms with Crippen LogP contribution in [0.4, 0.5) is 19.0 Å². The Kier molecular flexibility index (Phi) is 6.29. The number of benzene rings is 1. The van der Waals surface area contributed by atoms with E-state index >= 15 is 0 Å². The Morgan fingerprint density at radius 2 is 1.62 bits per heavy atom. The van der Waals surface area contributed by atoms with Crippen LogP contribution in [0.2, 0.25) is 5.15 Å². The van der Waals surface area contributed by atoms with Gasteiger partial charge in [-0.25, -0.2) is 18.2 Å². The molecule has 1 aromatic carbocycles. The van der Waals surface area contributed by atoms with Crippen molar-refractivity contribution in [3.63, 3.8) is 0 Å². The average Bonchev–Trinajstić information content (AvgIpc) is 2.49. The number of aromatic nitrogens is 4. The van der Waals surface area contributed by atoms with Crippen molar-refractivity contribution in [2.45, 2.75) is 0 Å². The molecule has 5 nitrogen and oxygen atoms in total. The molecule has 0 saturated heterocycles. The molecule has 24 heavy (non-hydrogen) atoms. The predicted molar refractivity (Wildman–Crippen MR) is 77.4 cm³/mol. The Hall–Kier alpha value is -1.10. The van der Waals surface area contributed by atoms with Crippen molar-refractivity contribution in [1.82, 2.24) is 19.9 Å². The van der Waals surface area contributed by atoms with E-state index in [2.05, 4.69) is 19.9 Å². The van der Waals surface area contributed by atoms with Crippen LogP contribution in [0.15, 0.2) is 30.7 Å². The van der Waals surface area contributed by atoms with Gasteiger partial charge in [0, 0.05) is 30.1 Å². The SMILES string of the molecule is [K+].[NH-]c1nc(-c2cnccn2)nc(Cl)c1-c1c(F)cc(F)cc1F. The number of rotatable bonds is 2. The van der Waals surface area contributed by atoms with Crippen LogP contribution < -0.4 is 51.4 Å². The van der Waals surface area contributed by atoms with Crippen LogP contribution in [-0.4, -0.2) is 19.9 Å². The molecule has 0 spiro atoms. The van der Waals surface area contributed by atoms with Crippen molar-refractivity contribution in [1.29, 1.82) is 0 Å². The van der Waals surface area contributed by atoms with Crippen LogP contribution >= 0.6 is 11.6 Å². The van der Waals surface area contributed by atoms with E-state index in [1.807, 2.05) is 0 Å². The van der Waals surface area contributed by atoms with Gasteiger partial charge in [-0.1, -0.05) is 17.4 Å². The first-order valence-electron chi connectivity index (χ1n) is 6.18. The van der Waals surface area contributed by atoms with Crippen LogP contribution in [-0.2, 0) is 0 Å². The molecule has 1 N–H and O–H groups in total. The summed E-state index contributed by atoms with van der Waals surface area (Å²) in [4.78, 5) is 15.5. The molecule has 0 aliphatic rings. The first kappa shape index (κ1) is 19.2. The van der Waals surface area contributed by atoms with Crippen LogP contribution in [0, 0.1) is 17.5 Å². The summed E-state index contributed by atoms with van der Waals surface area (Å²) in [6, 6.07) is 0.982. The summed E-state index contributed by atoms with van der Waals surface area (Å²) < 4.78 is 40.8. The van der Waals surface area contributed by atoms with E-state index in [4.69, 9.17) is 17.3 Å². The predicted octanol–water partition coefficient (Wildman–Crippen LogP) is 1.36. The molecule has 0 saturated carbocycles. The third-order valence-corrected chi connectivity index (χ3v) is 3.19. The molecule has 3 rings (SSSR count). The molecular weight excluding hydrogens is 370 g/mol. The van der Waals surface area contributed by atoms with Gasteiger partial charge in [-0.15, -0.1) is 0 Å². The van der Waals surface area contributed by atoms with Gasteiger partial charge in [0.05, 0.1) is 17.6 Å². The molecule has 0 fully saturated rings. The monoisotopic (exact) mass is 375 g/mol. The summed E-state index contributed by atoms with van der Waals surface area (Å²) >= 11 is 5.96. The molecule has 0 unspecified atom stereocenters. The molecule has 2 aromatic heterocycles. The second-order valence-corrected chi connectivity index (χ2v) is 4.75. The van der Waals surface area contributed by atoms with Crippen molar-refractivity contribution < 1.29 is 64.6 Å². The Bertz CT molecular complexity index is 849. The van der Waals surface area contributed by atoms with Gasteiger partial charge in [-0.3, -0.25) is 9.97 Å². The van der Waals surface area contributed by atoms with Crippen molar-refractivity contribution in [3.8, 4) is 22.6 Å². The smallest absolute Gasteiger partial charge is 0.481 e. The standard InChI is InChI=1S/C14H6ClF3N5.K/c15-12-11(10-7(17)3-6(16)4-8(10)18)13(19)23-14(22-12)9-5-20-1-2-21-9;/h1-5H,(H-,19,22,23);/q-1;+1. The Labute approximate surface area is 181 Å². The molecule has 0 aliphatic heterocycles. The molecule has 3 aromatic rings. The summed E-state index contributed by atoms with van der Waals surface area (Å²) in [5.41, 5.74) is 7.09. The van der Waals surface area contributed by atoms with Crippen LogP contribution in [0.25, 0.3) is 28.4 Å². The van der Waals surface area contributed by atoms with E-state index in [0.29, 0.717) is 12.1 Å². The van der Waals surface area contributed by atoms with Gasteiger partial charge in [0.1, 0.15) is 28.3 Å². The van der Waals surface area contributed by atoms with Gasteiger partial charge >= 0.3 is 51.4 Å². The molecule has 0 bridgehead atoms.